The number of amides is 1. The Morgan fingerprint density at radius 3 is 3.00 bits per heavy atom. The Hall–Kier alpha value is -2.68. The number of nitrogens with one attached hydrogen (secondary N) is 2. The maximum absolute atomic E-state index is 12.0. The molecule has 9 heteroatoms. The third-order valence-corrected chi connectivity index (χ3v) is 5.21. The number of aromatic amines is 1. The van der Waals surface area contributed by atoms with Gasteiger partial charge in [0.15, 0.2) is 5.82 Å². The minimum atomic E-state index is -0.0244. The summed E-state index contributed by atoms with van der Waals surface area (Å²) >= 11 is 1.70. The zero-order chi connectivity index (χ0) is 17.1. The van der Waals surface area contributed by atoms with Crippen molar-refractivity contribution in [2.45, 2.75) is 25.4 Å². The monoisotopic (exact) mass is 357 g/mol. The average molecular weight is 357 g/mol. The van der Waals surface area contributed by atoms with Crippen molar-refractivity contribution in [3.05, 3.63) is 36.2 Å². The molecule has 0 aromatic carbocycles. The van der Waals surface area contributed by atoms with Crippen molar-refractivity contribution in [2.24, 2.45) is 0 Å². The summed E-state index contributed by atoms with van der Waals surface area (Å²) < 4.78 is 1.53. The van der Waals surface area contributed by atoms with Crippen LogP contribution in [0.2, 0.25) is 0 Å². The van der Waals surface area contributed by atoms with Crippen LogP contribution in [0.5, 0.6) is 0 Å². The SMILES string of the molecule is O=C(Cn1cncn1)NC1CCN(c2cc(-c3cccs3)[nH]n2)CC1. The summed E-state index contributed by atoms with van der Waals surface area (Å²) in [7, 11) is 0. The molecule has 3 aromatic heterocycles. The molecule has 0 unspecified atom stereocenters. The first-order valence-electron chi connectivity index (χ1n) is 8.24. The molecular weight excluding hydrogens is 338 g/mol. The highest BCUT2D eigenvalue weighted by Crippen LogP contribution is 2.27. The van der Waals surface area contributed by atoms with Crippen molar-refractivity contribution in [3.8, 4) is 10.6 Å². The summed E-state index contributed by atoms with van der Waals surface area (Å²) in [4.78, 5) is 19.3. The van der Waals surface area contributed by atoms with Crippen LogP contribution in [0.1, 0.15) is 12.8 Å². The van der Waals surface area contributed by atoms with Crippen molar-refractivity contribution < 1.29 is 4.79 Å². The highest BCUT2D eigenvalue weighted by molar-refractivity contribution is 7.13. The summed E-state index contributed by atoms with van der Waals surface area (Å²) in [6, 6.07) is 6.41. The van der Waals surface area contributed by atoms with Crippen LogP contribution in [0, 0.1) is 0 Å². The van der Waals surface area contributed by atoms with Gasteiger partial charge in [-0.15, -0.1) is 11.3 Å². The first-order valence-corrected chi connectivity index (χ1v) is 9.12. The second-order valence-electron chi connectivity index (χ2n) is 6.04. The molecule has 8 nitrogen and oxygen atoms in total. The van der Waals surface area contributed by atoms with Crippen molar-refractivity contribution in [3.63, 3.8) is 0 Å². The first kappa shape index (κ1) is 15.8. The summed E-state index contributed by atoms with van der Waals surface area (Å²) in [5, 5.41) is 16.6. The number of hydrogen-bond donors (Lipinski definition) is 2. The molecule has 25 heavy (non-hydrogen) atoms. The number of thiophene rings is 1. The fourth-order valence-corrected chi connectivity index (χ4v) is 3.71. The third kappa shape index (κ3) is 3.71. The molecule has 0 saturated carbocycles. The standard InChI is InChI=1S/C16H19N7OS/c24-16(9-23-11-17-10-18-23)19-12-3-5-22(6-4-12)15-8-13(20-21-15)14-2-1-7-25-14/h1-2,7-8,10-12H,3-6,9H2,(H,19,24)(H,20,21). The van der Waals surface area contributed by atoms with Crippen molar-refractivity contribution >= 4 is 23.1 Å². The van der Waals surface area contributed by atoms with Gasteiger partial charge in [0.2, 0.25) is 5.91 Å². The molecule has 1 amide bonds. The van der Waals surface area contributed by atoms with Crippen molar-refractivity contribution in [1.82, 2.24) is 30.3 Å². The number of hydrogen-bond acceptors (Lipinski definition) is 6. The molecule has 130 valence electrons. The quantitative estimate of drug-likeness (QED) is 0.722. The van der Waals surface area contributed by atoms with Crippen LogP contribution in [-0.2, 0) is 11.3 Å². The van der Waals surface area contributed by atoms with Gasteiger partial charge in [0.1, 0.15) is 19.2 Å². The third-order valence-electron chi connectivity index (χ3n) is 4.31. The van der Waals surface area contributed by atoms with Crippen LogP contribution >= 0.6 is 11.3 Å². The summed E-state index contributed by atoms with van der Waals surface area (Å²) in [5.41, 5.74) is 1.05. The molecule has 4 heterocycles. The number of H-pyrrole nitrogens is 1. The van der Waals surface area contributed by atoms with Gasteiger partial charge in [0, 0.05) is 25.2 Å². The lowest BCUT2D eigenvalue weighted by atomic mass is 10.1. The second-order valence-corrected chi connectivity index (χ2v) is 6.99. The fourth-order valence-electron chi connectivity index (χ4n) is 3.02. The molecule has 1 aliphatic rings. The Balaban J connectivity index is 1.29. The first-order chi connectivity index (χ1) is 12.3. The topological polar surface area (TPSA) is 91.7 Å². The van der Waals surface area contributed by atoms with Crippen molar-refractivity contribution in [1.29, 1.82) is 0 Å². The highest BCUT2D eigenvalue weighted by atomic mass is 32.1. The van der Waals surface area contributed by atoms with E-state index >= 15 is 0 Å². The molecule has 2 N–H and O–H groups in total. The normalized spacial score (nSPS) is 15.4. The van der Waals surface area contributed by atoms with Crippen LogP contribution in [-0.4, -0.2) is 50.0 Å². The van der Waals surface area contributed by atoms with Gasteiger partial charge in [-0.05, 0) is 24.3 Å². The van der Waals surface area contributed by atoms with E-state index in [0.29, 0.717) is 0 Å². The van der Waals surface area contributed by atoms with Crippen LogP contribution < -0.4 is 10.2 Å². The summed E-state index contributed by atoms with van der Waals surface area (Å²) in [6.45, 7) is 1.97. The van der Waals surface area contributed by atoms with Gasteiger partial charge in [0.05, 0.1) is 10.6 Å². The van der Waals surface area contributed by atoms with E-state index in [2.05, 4.69) is 48.0 Å². The van der Waals surface area contributed by atoms with Crippen LogP contribution in [0.4, 0.5) is 5.82 Å². The maximum Gasteiger partial charge on any atom is 0.242 e. The lowest BCUT2D eigenvalue weighted by Gasteiger charge is -2.32. The van der Waals surface area contributed by atoms with Gasteiger partial charge < -0.3 is 10.2 Å². The fraction of sp³-hybridized carbons (Fsp3) is 0.375. The average Bonchev–Trinajstić information content (AvgIpc) is 3.37. The van der Waals surface area contributed by atoms with E-state index in [1.807, 2.05) is 6.07 Å². The number of piperidine rings is 1. The van der Waals surface area contributed by atoms with Crippen molar-refractivity contribution in [2.75, 3.05) is 18.0 Å². The minimum Gasteiger partial charge on any atom is -0.355 e. The maximum atomic E-state index is 12.0. The van der Waals surface area contributed by atoms with E-state index in [9.17, 15) is 4.79 Å². The second kappa shape index (κ2) is 7.06. The molecule has 0 aliphatic carbocycles. The Labute approximate surface area is 148 Å². The van der Waals surface area contributed by atoms with Crippen LogP contribution in [0.15, 0.2) is 36.2 Å². The minimum absolute atomic E-state index is 0.0244. The molecule has 0 atom stereocenters. The molecule has 1 saturated heterocycles. The smallest absolute Gasteiger partial charge is 0.242 e. The van der Waals surface area contributed by atoms with E-state index < -0.39 is 0 Å². The van der Waals surface area contributed by atoms with E-state index in [1.165, 1.54) is 15.9 Å². The van der Waals surface area contributed by atoms with Gasteiger partial charge in [0.25, 0.3) is 0 Å². The summed E-state index contributed by atoms with van der Waals surface area (Å²) in [5.74, 6) is 0.944. The lowest BCUT2D eigenvalue weighted by molar-refractivity contribution is -0.122. The number of carbonyl (C=O) groups is 1. The van der Waals surface area contributed by atoms with Gasteiger partial charge in [-0.2, -0.15) is 10.2 Å². The Morgan fingerprint density at radius 2 is 2.28 bits per heavy atom. The molecule has 1 fully saturated rings. The molecule has 3 aromatic rings. The molecule has 4 rings (SSSR count). The van der Waals surface area contributed by atoms with Crippen LogP contribution in [0.25, 0.3) is 10.6 Å². The van der Waals surface area contributed by atoms with E-state index in [4.69, 9.17) is 0 Å². The van der Waals surface area contributed by atoms with E-state index in [0.717, 1.165) is 37.4 Å². The summed E-state index contributed by atoms with van der Waals surface area (Å²) in [6.07, 6.45) is 4.79. The van der Waals surface area contributed by atoms with Crippen LogP contribution in [0.3, 0.4) is 0 Å². The largest absolute Gasteiger partial charge is 0.355 e. The van der Waals surface area contributed by atoms with Gasteiger partial charge in [-0.3, -0.25) is 9.89 Å². The Kier molecular flexibility index (Phi) is 4.47. The predicted molar refractivity (Wildman–Crippen MR) is 95.3 cm³/mol. The number of aromatic nitrogens is 5. The van der Waals surface area contributed by atoms with Gasteiger partial charge >= 0.3 is 0 Å². The Morgan fingerprint density at radius 1 is 1.40 bits per heavy atom. The molecular formula is C16H19N7OS. The van der Waals surface area contributed by atoms with Gasteiger partial charge in [-0.25, -0.2) is 9.67 Å². The zero-order valence-electron chi connectivity index (χ0n) is 13.6. The van der Waals surface area contributed by atoms with Gasteiger partial charge in [-0.1, -0.05) is 6.07 Å². The highest BCUT2D eigenvalue weighted by Gasteiger charge is 2.22. The number of carbonyl (C=O) groups excluding carboxylic acids is 1. The lowest BCUT2D eigenvalue weighted by Crippen LogP contribution is -2.45. The predicted octanol–water partition coefficient (Wildman–Crippen LogP) is 1.51. The molecule has 0 spiro atoms. The zero-order valence-corrected chi connectivity index (χ0v) is 14.4. The molecule has 1 aliphatic heterocycles. The Bertz CT molecular complexity index is 804. The molecule has 0 radical (unpaired) electrons. The van der Waals surface area contributed by atoms with E-state index in [-0.39, 0.29) is 18.5 Å². The number of rotatable bonds is 5. The number of nitrogens with zero attached hydrogens (tertiary/aromatic N) is 5. The molecule has 0 bridgehead atoms. The number of anilines is 1. The van der Waals surface area contributed by atoms with E-state index in [1.54, 1.807) is 17.7 Å².